The van der Waals surface area contributed by atoms with Crippen LogP contribution in [0.15, 0.2) is 41.2 Å². The van der Waals surface area contributed by atoms with E-state index in [0.29, 0.717) is 16.6 Å². The number of alkyl halides is 2. The molecule has 34 heavy (non-hydrogen) atoms. The fourth-order valence-electron chi connectivity index (χ4n) is 4.05. The SMILES string of the molecule is O=C(c1cc(Cc2n[nH]c(=O)c3cc(F)ccc23)ccc1F)N1CCn2c(nnc2C(F)F)C1. The molecule has 0 aliphatic carbocycles. The number of amides is 1. The number of hydrogen-bond acceptors (Lipinski definition) is 5. The van der Waals surface area contributed by atoms with Gasteiger partial charge < -0.3 is 9.47 Å². The highest BCUT2D eigenvalue weighted by Gasteiger charge is 2.29. The second-order valence-corrected chi connectivity index (χ2v) is 7.83. The highest BCUT2D eigenvalue weighted by Crippen LogP contribution is 2.24. The Balaban J connectivity index is 1.42. The van der Waals surface area contributed by atoms with Crippen LogP contribution in [0.3, 0.4) is 0 Å². The summed E-state index contributed by atoms with van der Waals surface area (Å²) in [6.45, 7) is 0.0732. The monoisotopic (exact) mass is 472 g/mol. The predicted molar refractivity (Wildman–Crippen MR) is 111 cm³/mol. The minimum atomic E-state index is -2.79. The summed E-state index contributed by atoms with van der Waals surface area (Å²) >= 11 is 0. The molecule has 0 bridgehead atoms. The molecule has 0 saturated heterocycles. The van der Waals surface area contributed by atoms with Crippen LogP contribution < -0.4 is 5.56 Å². The van der Waals surface area contributed by atoms with Crippen molar-refractivity contribution in [2.45, 2.75) is 25.9 Å². The van der Waals surface area contributed by atoms with E-state index in [-0.39, 0.29) is 42.8 Å². The lowest BCUT2D eigenvalue weighted by atomic mass is 10.0. The molecular weight excluding hydrogens is 456 g/mol. The summed E-state index contributed by atoms with van der Waals surface area (Å²) in [5.41, 5.74) is 0.223. The average Bonchev–Trinajstić information content (AvgIpc) is 3.25. The van der Waals surface area contributed by atoms with Crippen LogP contribution in [0, 0.1) is 11.6 Å². The number of rotatable bonds is 4. The average molecular weight is 472 g/mol. The molecule has 0 unspecified atom stereocenters. The van der Waals surface area contributed by atoms with Crippen molar-refractivity contribution >= 4 is 16.7 Å². The Kier molecular flexibility index (Phi) is 5.34. The molecule has 174 valence electrons. The van der Waals surface area contributed by atoms with Crippen molar-refractivity contribution < 1.29 is 22.4 Å². The second-order valence-electron chi connectivity index (χ2n) is 7.83. The zero-order valence-corrected chi connectivity index (χ0v) is 17.4. The number of nitrogens with zero attached hydrogens (tertiary/aromatic N) is 5. The van der Waals surface area contributed by atoms with Crippen molar-refractivity contribution in [1.82, 2.24) is 29.9 Å². The summed E-state index contributed by atoms with van der Waals surface area (Å²) < 4.78 is 55.5. The summed E-state index contributed by atoms with van der Waals surface area (Å²) in [4.78, 5) is 26.4. The van der Waals surface area contributed by atoms with E-state index in [1.165, 1.54) is 33.7 Å². The first kappa shape index (κ1) is 21.7. The summed E-state index contributed by atoms with van der Waals surface area (Å²) in [5.74, 6) is -2.19. The molecule has 8 nitrogen and oxygen atoms in total. The van der Waals surface area contributed by atoms with Gasteiger partial charge in [-0.15, -0.1) is 10.2 Å². The number of halogens is 4. The van der Waals surface area contributed by atoms with Crippen LogP contribution in [0.1, 0.15) is 39.7 Å². The zero-order chi connectivity index (χ0) is 24.0. The van der Waals surface area contributed by atoms with Crippen LogP contribution in [0.25, 0.3) is 10.8 Å². The fraction of sp³-hybridized carbons (Fsp3) is 0.227. The summed E-state index contributed by atoms with van der Waals surface area (Å²) in [5, 5.41) is 14.1. The maximum absolute atomic E-state index is 14.6. The number of nitrogens with one attached hydrogen (secondary N) is 1. The molecular formula is C22H16F4N6O2. The Morgan fingerprint density at radius 2 is 1.88 bits per heavy atom. The van der Waals surface area contributed by atoms with E-state index in [9.17, 15) is 27.2 Å². The van der Waals surface area contributed by atoms with Crippen molar-refractivity contribution in [1.29, 1.82) is 0 Å². The number of carbonyl (C=O) groups excluding carboxylic acids is 1. The third-order valence-corrected chi connectivity index (χ3v) is 5.73. The number of H-pyrrole nitrogens is 1. The van der Waals surface area contributed by atoms with Gasteiger partial charge in [0.15, 0.2) is 11.6 Å². The van der Waals surface area contributed by atoms with Crippen LogP contribution in [0.5, 0.6) is 0 Å². The Hall–Kier alpha value is -4.09. The van der Waals surface area contributed by atoms with Gasteiger partial charge in [0.25, 0.3) is 17.9 Å². The van der Waals surface area contributed by atoms with Gasteiger partial charge in [0.05, 0.1) is 23.2 Å². The number of benzene rings is 2. The summed E-state index contributed by atoms with van der Waals surface area (Å²) in [6.07, 6.45) is -2.64. The number of carbonyl (C=O) groups is 1. The highest BCUT2D eigenvalue weighted by molar-refractivity contribution is 5.94. The molecule has 0 fully saturated rings. The van der Waals surface area contributed by atoms with Crippen LogP contribution in [-0.4, -0.2) is 42.3 Å². The smallest absolute Gasteiger partial charge is 0.297 e. The highest BCUT2D eigenvalue weighted by atomic mass is 19.3. The number of aromatic nitrogens is 5. The maximum atomic E-state index is 14.6. The van der Waals surface area contributed by atoms with Crippen molar-refractivity contribution in [3.05, 3.63) is 86.9 Å². The number of hydrogen-bond donors (Lipinski definition) is 1. The summed E-state index contributed by atoms with van der Waals surface area (Å²) in [6, 6.07) is 7.77. The summed E-state index contributed by atoms with van der Waals surface area (Å²) in [7, 11) is 0. The van der Waals surface area contributed by atoms with Crippen molar-refractivity contribution in [2.75, 3.05) is 6.54 Å². The Morgan fingerprint density at radius 3 is 2.68 bits per heavy atom. The molecule has 1 aliphatic heterocycles. The zero-order valence-electron chi connectivity index (χ0n) is 17.4. The molecule has 0 saturated carbocycles. The van der Waals surface area contributed by atoms with E-state index in [4.69, 9.17) is 0 Å². The number of aromatic amines is 1. The quantitative estimate of drug-likeness (QED) is 0.461. The predicted octanol–water partition coefficient (Wildman–Crippen LogP) is 2.98. The first-order chi connectivity index (χ1) is 16.3. The molecule has 1 N–H and O–H groups in total. The van der Waals surface area contributed by atoms with E-state index >= 15 is 0 Å². The standard InChI is InChI=1S/C22H16F4N6O2/c23-12-2-3-13-14(9-12)21(33)30-27-17(13)8-11-1-4-16(24)15(7-11)22(34)31-5-6-32-18(10-31)28-29-20(32)19(25)26/h1-4,7,9,19H,5-6,8,10H2,(H,30,33). The third kappa shape index (κ3) is 3.80. The van der Waals surface area contributed by atoms with Crippen LogP contribution >= 0.6 is 0 Å². The largest absolute Gasteiger partial charge is 0.329 e. The lowest BCUT2D eigenvalue weighted by molar-refractivity contribution is 0.0694. The first-order valence-corrected chi connectivity index (χ1v) is 10.3. The normalized spacial score (nSPS) is 13.5. The van der Waals surface area contributed by atoms with Gasteiger partial charge in [-0.3, -0.25) is 9.59 Å². The third-order valence-electron chi connectivity index (χ3n) is 5.73. The molecule has 4 aromatic rings. The van der Waals surface area contributed by atoms with E-state index in [1.54, 1.807) is 0 Å². The minimum absolute atomic E-state index is 0.0684. The first-order valence-electron chi connectivity index (χ1n) is 10.3. The van der Waals surface area contributed by atoms with Crippen molar-refractivity contribution in [3.8, 4) is 0 Å². The van der Waals surface area contributed by atoms with Crippen LogP contribution in [-0.2, 0) is 19.5 Å². The second kappa shape index (κ2) is 8.36. The maximum Gasteiger partial charge on any atom is 0.297 e. The fourth-order valence-corrected chi connectivity index (χ4v) is 4.05. The minimum Gasteiger partial charge on any atom is -0.329 e. The van der Waals surface area contributed by atoms with Gasteiger partial charge in [-0.25, -0.2) is 22.7 Å². The van der Waals surface area contributed by atoms with Gasteiger partial charge in [0.2, 0.25) is 0 Å². The van der Waals surface area contributed by atoms with Crippen LogP contribution in [0.2, 0.25) is 0 Å². The molecule has 2 aromatic carbocycles. The van der Waals surface area contributed by atoms with Crippen LogP contribution in [0.4, 0.5) is 17.6 Å². The van der Waals surface area contributed by atoms with E-state index in [0.717, 1.165) is 12.1 Å². The van der Waals surface area contributed by atoms with Gasteiger partial charge in [0.1, 0.15) is 11.6 Å². The molecule has 1 aliphatic rings. The Bertz CT molecular complexity index is 1480. The van der Waals surface area contributed by atoms with Gasteiger partial charge in [-0.1, -0.05) is 6.07 Å². The lowest BCUT2D eigenvalue weighted by Gasteiger charge is -2.28. The topological polar surface area (TPSA) is 96.8 Å². The van der Waals surface area contributed by atoms with E-state index in [2.05, 4.69) is 20.4 Å². The number of fused-ring (bicyclic) bond motifs is 2. The van der Waals surface area contributed by atoms with Gasteiger partial charge >= 0.3 is 0 Å². The van der Waals surface area contributed by atoms with Gasteiger partial charge in [-0.05, 0) is 35.9 Å². The lowest BCUT2D eigenvalue weighted by Crippen LogP contribution is -2.39. The molecule has 0 atom stereocenters. The molecule has 12 heteroatoms. The van der Waals surface area contributed by atoms with E-state index in [1.807, 2.05) is 0 Å². The molecule has 5 rings (SSSR count). The van der Waals surface area contributed by atoms with Gasteiger partial charge in [-0.2, -0.15) is 5.10 Å². The molecule has 0 spiro atoms. The molecule has 0 radical (unpaired) electrons. The van der Waals surface area contributed by atoms with Gasteiger partial charge in [0, 0.05) is 24.9 Å². The van der Waals surface area contributed by atoms with Crippen molar-refractivity contribution in [3.63, 3.8) is 0 Å². The Labute approximate surface area is 188 Å². The molecule has 1 amide bonds. The molecule has 3 heterocycles. The Morgan fingerprint density at radius 1 is 1.06 bits per heavy atom. The molecule has 2 aromatic heterocycles. The van der Waals surface area contributed by atoms with E-state index < -0.39 is 35.4 Å². The van der Waals surface area contributed by atoms with Crippen molar-refractivity contribution in [2.24, 2.45) is 0 Å².